The summed E-state index contributed by atoms with van der Waals surface area (Å²) in [4.78, 5) is 4.52. The van der Waals surface area contributed by atoms with Gasteiger partial charge in [-0.05, 0) is 48.5 Å². The molecule has 4 aromatic rings. The molecular formula is C18H11BrClN3. The van der Waals surface area contributed by atoms with Crippen molar-refractivity contribution in [1.82, 2.24) is 14.8 Å². The van der Waals surface area contributed by atoms with Gasteiger partial charge in [-0.1, -0.05) is 39.7 Å². The number of pyridine rings is 1. The van der Waals surface area contributed by atoms with E-state index >= 15 is 0 Å². The normalized spacial score (nSPS) is 11.0. The lowest BCUT2D eigenvalue weighted by atomic mass is 10.1. The van der Waals surface area contributed by atoms with E-state index in [1.165, 1.54) is 0 Å². The van der Waals surface area contributed by atoms with Crippen molar-refractivity contribution in [1.29, 1.82) is 0 Å². The predicted octanol–water partition coefficient (Wildman–Crippen LogP) is 5.50. The van der Waals surface area contributed by atoms with Crippen LogP contribution in [0, 0.1) is 0 Å². The summed E-state index contributed by atoms with van der Waals surface area (Å²) in [5.74, 6) is 0. The smallest absolute Gasteiger partial charge is 0.119 e. The van der Waals surface area contributed by atoms with Gasteiger partial charge in [-0.3, -0.25) is 4.98 Å². The molecule has 0 aliphatic heterocycles. The molecule has 23 heavy (non-hydrogen) atoms. The molecular weight excluding hydrogens is 374 g/mol. The molecule has 0 atom stereocenters. The van der Waals surface area contributed by atoms with E-state index in [1.54, 1.807) is 6.20 Å². The number of aromatic nitrogens is 3. The summed E-state index contributed by atoms with van der Waals surface area (Å²) < 4.78 is 2.95. The number of halogens is 2. The number of hydrogen-bond donors (Lipinski definition) is 0. The van der Waals surface area contributed by atoms with E-state index in [2.05, 4.69) is 20.9 Å². The molecule has 0 radical (unpaired) electrons. The monoisotopic (exact) mass is 383 g/mol. The fourth-order valence-corrected chi connectivity index (χ4v) is 2.92. The van der Waals surface area contributed by atoms with Crippen LogP contribution in [0.5, 0.6) is 0 Å². The Kier molecular flexibility index (Phi) is 3.63. The van der Waals surface area contributed by atoms with Crippen LogP contribution in [0.25, 0.3) is 28.0 Å². The molecule has 0 spiro atoms. The van der Waals surface area contributed by atoms with Crippen molar-refractivity contribution in [2.45, 2.75) is 0 Å². The molecule has 0 saturated carbocycles. The first-order chi connectivity index (χ1) is 11.2. The van der Waals surface area contributed by atoms with Crippen molar-refractivity contribution in [2.75, 3.05) is 0 Å². The summed E-state index contributed by atoms with van der Waals surface area (Å²) in [5.41, 5.74) is 4.68. The average molecular weight is 385 g/mol. The Morgan fingerprint density at radius 2 is 1.65 bits per heavy atom. The second kappa shape index (κ2) is 5.80. The highest BCUT2D eigenvalue weighted by Gasteiger charge is 2.14. The van der Waals surface area contributed by atoms with Crippen molar-refractivity contribution in [3.05, 3.63) is 76.4 Å². The van der Waals surface area contributed by atoms with Crippen LogP contribution in [-0.2, 0) is 0 Å². The van der Waals surface area contributed by atoms with Gasteiger partial charge >= 0.3 is 0 Å². The Morgan fingerprint density at radius 1 is 0.913 bits per heavy atom. The lowest BCUT2D eigenvalue weighted by molar-refractivity contribution is 0.914. The summed E-state index contributed by atoms with van der Waals surface area (Å²) in [7, 11) is 0. The van der Waals surface area contributed by atoms with Crippen molar-refractivity contribution in [3.8, 4) is 16.9 Å². The zero-order valence-corrected chi connectivity index (χ0v) is 14.3. The van der Waals surface area contributed by atoms with Gasteiger partial charge in [0, 0.05) is 21.3 Å². The fourth-order valence-electron chi connectivity index (χ4n) is 2.53. The molecule has 0 bridgehead atoms. The van der Waals surface area contributed by atoms with Crippen LogP contribution in [0.3, 0.4) is 0 Å². The van der Waals surface area contributed by atoms with E-state index < -0.39 is 0 Å². The molecule has 112 valence electrons. The average Bonchev–Trinajstić information content (AvgIpc) is 2.96. The predicted molar refractivity (Wildman–Crippen MR) is 97.0 cm³/mol. The SMILES string of the molecule is Clc1ccc(-c2nn(-c3ccc(Br)cc3)c3cccnc23)cc1. The van der Waals surface area contributed by atoms with E-state index in [9.17, 15) is 0 Å². The molecule has 2 aromatic carbocycles. The Bertz CT molecular complexity index is 896. The van der Waals surface area contributed by atoms with E-state index in [0.29, 0.717) is 5.02 Å². The molecule has 3 nitrogen and oxygen atoms in total. The molecule has 5 heteroatoms. The van der Waals surface area contributed by atoms with Gasteiger partial charge in [-0.2, -0.15) is 5.10 Å². The molecule has 0 N–H and O–H groups in total. The quantitative estimate of drug-likeness (QED) is 0.456. The van der Waals surface area contributed by atoms with Crippen molar-refractivity contribution >= 4 is 38.6 Å². The second-order valence-electron chi connectivity index (χ2n) is 5.11. The lowest BCUT2D eigenvalue weighted by Gasteiger charge is -2.03. The summed E-state index contributed by atoms with van der Waals surface area (Å²) in [5, 5.41) is 5.49. The van der Waals surface area contributed by atoms with Crippen LogP contribution in [0.15, 0.2) is 71.3 Å². The molecule has 2 heterocycles. The molecule has 4 rings (SSSR count). The number of hydrogen-bond acceptors (Lipinski definition) is 2. The molecule has 0 fully saturated rings. The van der Waals surface area contributed by atoms with Gasteiger partial charge < -0.3 is 0 Å². The minimum absolute atomic E-state index is 0.707. The van der Waals surface area contributed by atoms with Gasteiger partial charge in [0.1, 0.15) is 11.2 Å². The maximum absolute atomic E-state index is 5.99. The summed E-state index contributed by atoms with van der Waals surface area (Å²) >= 11 is 9.45. The molecule has 0 aliphatic rings. The van der Waals surface area contributed by atoms with Crippen LogP contribution < -0.4 is 0 Å². The van der Waals surface area contributed by atoms with Crippen LogP contribution in [-0.4, -0.2) is 14.8 Å². The Labute approximate surface area is 146 Å². The van der Waals surface area contributed by atoms with Crippen LogP contribution in [0.4, 0.5) is 0 Å². The fraction of sp³-hybridized carbons (Fsp3) is 0. The van der Waals surface area contributed by atoms with Gasteiger partial charge in [0.15, 0.2) is 0 Å². The first-order valence-electron chi connectivity index (χ1n) is 7.08. The summed E-state index contributed by atoms with van der Waals surface area (Å²) in [6, 6.07) is 19.7. The summed E-state index contributed by atoms with van der Waals surface area (Å²) in [6.07, 6.45) is 1.79. The topological polar surface area (TPSA) is 30.7 Å². The first-order valence-corrected chi connectivity index (χ1v) is 8.25. The van der Waals surface area contributed by atoms with Crippen molar-refractivity contribution in [3.63, 3.8) is 0 Å². The standard InChI is InChI=1S/C18H11BrClN3/c19-13-5-9-15(10-6-13)23-16-2-1-11-21-18(16)17(22-23)12-3-7-14(20)8-4-12/h1-11H. The maximum atomic E-state index is 5.99. The largest absolute Gasteiger partial charge is 0.252 e. The van der Waals surface area contributed by atoms with Crippen molar-refractivity contribution in [2.24, 2.45) is 0 Å². The van der Waals surface area contributed by atoms with E-state index in [1.807, 2.05) is 65.3 Å². The Hall–Kier alpha value is -2.17. The highest BCUT2D eigenvalue weighted by atomic mass is 79.9. The van der Waals surface area contributed by atoms with Crippen LogP contribution in [0.1, 0.15) is 0 Å². The third kappa shape index (κ3) is 2.64. The van der Waals surface area contributed by atoms with Crippen LogP contribution >= 0.6 is 27.5 Å². The second-order valence-corrected chi connectivity index (χ2v) is 6.47. The maximum Gasteiger partial charge on any atom is 0.119 e. The minimum atomic E-state index is 0.707. The van der Waals surface area contributed by atoms with Crippen LogP contribution in [0.2, 0.25) is 5.02 Å². The number of rotatable bonds is 2. The van der Waals surface area contributed by atoms with Gasteiger partial charge in [0.05, 0.1) is 11.2 Å². The summed E-state index contributed by atoms with van der Waals surface area (Å²) in [6.45, 7) is 0. The highest BCUT2D eigenvalue weighted by molar-refractivity contribution is 9.10. The van der Waals surface area contributed by atoms with E-state index in [-0.39, 0.29) is 0 Å². The minimum Gasteiger partial charge on any atom is -0.252 e. The number of fused-ring (bicyclic) bond motifs is 1. The molecule has 0 amide bonds. The first kappa shape index (κ1) is 14.4. The Balaban J connectivity index is 1.96. The molecule has 0 aliphatic carbocycles. The lowest BCUT2D eigenvalue weighted by Crippen LogP contribution is -1.96. The molecule has 0 unspecified atom stereocenters. The van der Waals surface area contributed by atoms with Gasteiger partial charge in [-0.25, -0.2) is 4.68 Å². The third-order valence-electron chi connectivity index (χ3n) is 3.63. The highest BCUT2D eigenvalue weighted by Crippen LogP contribution is 2.29. The van der Waals surface area contributed by atoms with Gasteiger partial charge in [0.25, 0.3) is 0 Å². The zero-order valence-electron chi connectivity index (χ0n) is 11.9. The Morgan fingerprint density at radius 3 is 2.39 bits per heavy atom. The van der Waals surface area contributed by atoms with Gasteiger partial charge in [0.2, 0.25) is 0 Å². The van der Waals surface area contributed by atoms with Gasteiger partial charge in [-0.15, -0.1) is 0 Å². The number of benzene rings is 2. The van der Waals surface area contributed by atoms with Crippen molar-refractivity contribution < 1.29 is 0 Å². The van der Waals surface area contributed by atoms with E-state index in [4.69, 9.17) is 16.7 Å². The third-order valence-corrected chi connectivity index (χ3v) is 4.41. The zero-order chi connectivity index (χ0) is 15.8. The van der Waals surface area contributed by atoms with E-state index in [0.717, 1.165) is 32.5 Å². The molecule has 0 saturated heterocycles. The molecule has 2 aromatic heterocycles. The number of nitrogens with zero attached hydrogens (tertiary/aromatic N) is 3.